The molecule has 1 saturated carbocycles. The first-order valence-electron chi connectivity index (χ1n) is 7.93. The highest BCUT2D eigenvalue weighted by Gasteiger charge is 2.48. The third kappa shape index (κ3) is 5.69. The molecule has 4 N–H and O–H groups in total. The number of nitrogens with one attached hydrogen (secondary N) is 1. The smallest absolute Gasteiger partial charge is 0.377 e. The molecule has 5 atom stereocenters. The van der Waals surface area contributed by atoms with Gasteiger partial charge >= 0.3 is 21.1 Å². The van der Waals surface area contributed by atoms with Gasteiger partial charge in [-0.1, -0.05) is 0 Å². The molecule has 12 nitrogen and oxygen atoms in total. The number of aromatic amines is 1. The molecule has 0 bridgehead atoms. The number of aromatic nitrogens is 2. The van der Waals surface area contributed by atoms with E-state index in [1.165, 1.54) is 17.9 Å². The van der Waals surface area contributed by atoms with E-state index in [1.807, 2.05) is 0 Å². The fourth-order valence-corrected chi connectivity index (χ4v) is 4.63. The summed E-state index contributed by atoms with van der Waals surface area (Å²) in [7, 11) is -6.46. The Hall–Kier alpha value is -1.10. The monoisotopic (exact) mass is 428 g/mol. The minimum atomic E-state index is -4.43. The molecule has 1 aromatic heterocycles. The lowest BCUT2D eigenvalue weighted by atomic mass is 10.0. The third-order valence-electron chi connectivity index (χ3n) is 4.47. The molecule has 1 aliphatic rings. The van der Waals surface area contributed by atoms with Gasteiger partial charge in [-0.05, 0) is 18.8 Å². The standard InChI is InChI=1S/C13H22N2O10P2/c1-23-12-9(15-5-3-10(16)14-13(15)17)7-8(4-6-26(18,19)20)11(12)25-27(21,22)24-2/h3,5,8-9,11-12H,4,6-7H2,1-2H3,(H,21,22)(H,14,16,17)(H2,18,19,20)/t8-,9-,11+,12-/m0/s1. The Bertz CT molecular complexity index is 861. The molecule has 1 fully saturated rings. The molecule has 1 aromatic rings. The molecule has 1 aliphatic carbocycles. The van der Waals surface area contributed by atoms with Crippen molar-refractivity contribution < 1.29 is 37.6 Å². The molecule has 0 amide bonds. The molecular formula is C13H22N2O10P2. The molecule has 0 spiro atoms. The van der Waals surface area contributed by atoms with Crippen molar-refractivity contribution in [3.63, 3.8) is 0 Å². The molecule has 0 aromatic carbocycles. The van der Waals surface area contributed by atoms with E-state index >= 15 is 0 Å². The van der Waals surface area contributed by atoms with Crippen LogP contribution in [0.15, 0.2) is 21.9 Å². The van der Waals surface area contributed by atoms with Crippen LogP contribution in [0, 0.1) is 5.92 Å². The molecule has 0 aliphatic heterocycles. The minimum absolute atomic E-state index is 0.0346. The van der Waals surface area contributed by atoms with Crippen LogP contribution in [0.4, 0.5) is 0 Å². The van der Waals surface area contributed by atoms with Crippen LogP contribution in [-0.4, -0.2) is 56.8 Å². The normalized spacial score (nSPS) is 28.2. The maximum atomic E-state index is 12.1. The molecule has 2 rings (SSSR count). The number of phosphoric acid groups is 1. The number of ether oxygens (including phenoxy) is 1. The highest BCUT2D eigenvalue weighted by atomic mass is 31.2. The molecule has 0 radical (unpaired) electrons. The van der Waals surface area contributed by atoms with Crippen LogP contribution in [0.2, 0.25) is 0 Å². The van der Waals surface area contributed by atoms with Crippen LogP contribution >= 0.6 is 15.4 Å². The zero-order valence-corrected chi connectivity index (χ0v) is 16.4. The van der Waals surface area contributed by atoms with Gasteiger partial charge in [0.25, 0.3) is 5.56 Å². The van der Waals surface area contributed by atoms with E-state index in [9.17, 15) is 23.6 Å². The molecular weight excluding hydrogens is 406 g/mol. The summed E-state index contributed by atoms with van der Waals surface area (Å²) in [6.45, 7) is 0. The van der Waals surface area contributed by atoms with E-state index in [0.717, 1.165) is 13.2 Å². The molecule has 1 heterocycles. The van der Waals surface area contributed by atoms with Crippen molar-refractivity contribution >= 4 is 15.4 Å². The Labute approximate surface area is 153 Å². The topological polar surface area (TPSA) is 177 Å². The van der Waals surface area contributed by atoms with E-state index in [2.05, 4.69) is 9.51 Å². The van der Waals surface area contributed by atoms with Gasteiger partial charge in [-0.3, -0.25) is 28.0 Å². The van der Waals surface area contributed by atoms with Gasteiger partial charge in [-0.15, -0.1) is 0 Å². The highest BCUT2D eigenvalue weighted by Crippen LogP contribution is 2.51. The second kappa shape index (κ2) is 8.50. The van der Waals surface area contributed by atoms with Crippen molar-refractivity contribution in [2.24, 2.45) is 5.92 Å². The number of methoxy groups -OCH3 is 1. The lowest BCUT2D eigenvalue weighted by Crippen LogP contribution is -2.38. The van der Waals surface area contributed by atoms with Crippen LogP contribution in [-0.2, 0) is 22.9 Å². The van der Waals surface area contributed by atoms with Crippen molar-refractivity contribution in [2.75, 3.05) is 20.4 Å². The van der Waals surface area contributed by atoms with Gasteiger partial charge in [0.2, 0.25) is 0 Å². The number of rotatable bonds is 8. The maximum absolute atomic E-state index is 12.1. The van der Waals surface area contributed by atoms with Gasteiger partial charge in [0.15, 0.2) is 0 Å². The van der Waals surface area contributed by atoms with Crippen LogP contribution in [0.1, 0.15) is 18.9 Å². The lowest BCUT2D eigenvalue weighted by molar-refractivity contribution is -0.0250. The summed E-state index contributed by atoms with van der Waals surface area (Å²) in [5.74, 6) is -0.609. The summed E-state index contributed by atoms with van der Waals surface area (Å²) >= 11 is 0. The summed E-state index contributed by atoms with van der Waals surface area (Å²) < 4.78 is 39.3. The van der Waals surface area contributed by atoms with Gasteiger partial charge in [0.05, 0.1) is 12.2 Å². The van der Waals surface area contributed by atoms with Crippen molar-refractivity contribution in [2.45, 2.75) is 31.1 Å². The lowest BCUT2D eigenvalue weighted by Gasteiger charge is -2.27. The van der Waals surface area contributed by atoms with Crippen molar-refractivity contribution in [1.29, 1.82) is 0 Å². The van der Waals surface area contributed by atoms with Crippen LogP contribution < -0.4 is 11.2 Å². The third-order valence-corrected chi connectivity index (χ3v) is 6.28. The van der Waals surface area contributed by atoms with Crippen LogP contribution in [0.5, 0.6) is 0 Å². The average molecular weight is 428 g/mol. The average Bonchev–Trinajstić information content (AvgIpc) is 2.89. The van der Waals surface area contributed by atoms with Gasteiger partial charge in [-0.25, -0.2) is 9.36 Å². The quantitative estimate of drug-likeness (QED) is 0.406. The Balaban J connectivity index is 2.39. The number of hydrogen-bond acceptors (Lipinski definition) is 7. The predicted molar refractivity (Wildman–Crippen MR) is 92.5 cm³/mol. The van der Waals surface area contributed by atoms with Gasteiger partial charge in [0.1, 0.15) is 12.2 Å². The maximum Gasteiger partial charge on any atom is 0.472 e. The molecule has 154 valence electrons. The molecule has 14 heteroatoms. The Morgan fingerprint density at radius 2 is 1.89 bits per heavy atom. The second-order valence-corrected chi connectivity index (χ2v) is 9.47. The number of hydrogen-bond donors (Lipinski definition) is 4. The fourth-order valence-electron chi connectivity index (χ4n) is 3.28. The number of phosphoric ester groups is 1. The van der Waals surface area contributed by atoms with E-state index < -0.39 is 57.0 Å². The first-order valence-corrected chi connectivity index (χ1v) is 11.2. The van der Waals surface area contributed by atoms with Crippen molar-refractivity contribution in [3.8, 4) is 0 Å². The Kier molecular flexibility index (Phi) is 6.99. The predicted octanol–water partition coefficient (Wildman–Crippen LogP) is -0.188. The second-order valence-electron chi connectivity index (χ2n) is 6.18. The number of H-pyrrole nitrogens is 1. The molecule has 0 saturated heterocycles. The number of nitrogens with zero attached hydrogens (tertiary/aromatic N) is 1. The van der Waals surface area contributed by atoms with Crippen molar-refractivity contribution in [3.05, 3.63) is 33.1 Å². The van der Waals surface area contributed by atoms with Crippen LogP contribution in [0.25, 0.3) is 0 Å². The van der Waals surface area contributed by atoms with E-state index in [0.29, 0.717) is 0 Å². The molecule has 27 heavy (non-hydrogen) atoms. The van der Waals surface area contributed by atoms with E-state index in [4.69, 9.17) is 19.0 Å². The first kappa shape index (κ1) is 22.2. The van der Waals surface area contributed by atoms with Crippen LogP contribution in [0.3, 0.4) is 0 Å². The summed E-state index contributed by atoms with van der Waals surface area (Å²) in [6, 6.07) is 0.446. The Morgan fingerprint density at radius 1 is 1.22 bits per heavy atom. The van der Waals surface area contributed by atoms with E-state index in [-0.39, 0.29) is 12.8 Å². The highest BCUT2D eigenvalue weighted by molar-refractivity contribution is 7.51. The SMILES string of the molecule is CO[C@@H]1[C@H](OP(=O)(O)OC)[C@@H](CCP(=O)(O)O)C[C@@H]1n1ccc(=O)[nH]c1=O. The van der Waals surface area contributed by atoms with Gasteiger partial charge in [-0.2, -0.15) is 0 Å². The Morgan fingerprint density at radius 3 is 2.41 bits per heavy atom. The van der Waals surface area contributed by atoms with E-state index in [1.54, 1.807) is 0 Å². The summed E-state index contributed by atoms with van der Waals surface area (Å²) in [5.41, 5.74) is -1.30. The largest absolute Gasteiger partial charge is 0.472 e. The summed E-state index contributed by atoms with van der Waals surface area (Å²) in [6.07, 6.45) is -1.04. The summed E-state index contributed by atoms with van der Waals surface area (Å²) in [4.78, 5) is 53.5. The minimum Gasteiger partial charge on any atom is -0.377 e. The zero-order valence-electron chi connectivity index (χ0n) is 14.6. The van der Waals surface area contributed by atoms with Gasteiger partial charge < -0.3 is 19.4 Å². The first-order chi connectivity index (χ1) is 12.5. The molecule has 1 unspecified atom stereocenters. The van der Waals surface area contributed by atoms with Crippen molar-refractivity contribution in [1.82, 2.24) is 9.55 Å². The summed E-state index contributed by atoms with van der Waals surface area (Å²) in [5, 5.41) is 0. The fraction of sp³-hybridized carbons (Fsp3) is 0.692. The zero-order chi connectivity index (χ0) is 20.4. The van der Waals surface area contributed by atoms with Gasteiger partial charge in [0, 0.05) is 26.5 Å².